The van der Waals surface area contributed by atoms with E-state index in [2.05, 4.69) is 30.7 Å². The van der Waals surface area contributed by atoms with Gasteiger partial charge in [-0.3, -0.25) is 13.7 Å². The van der Waals surface area contributed by atoms with Crippen LogP contribution in [0.5, 0.6) is 5.75 Å². The van der Waals surface area contributed by atoms with Gasteiger partial charge in [0.25, 0.3) is 30.4 Å². The number of aromatic hydroxyl groups is 1. The Morgan fingerprint density at radius 2 is 1.05 bits per heavy atom. The van der Waals surface area contributed by atoms with Crippen LogP contribution in [0.15, 0.2) is 124 Å². The maximum absolute atomic E-state index is 12.4. The summed E-state index contributed by atoms with van der Waals surface area (Å²) >= 11 is 0. The Balaban J connectivity index is 1.44. The number of rotatable bonds is 12. The van der Waals surface area contributed by atoms with Gasteiger partial charge < -0.3 is 21.7 Å². The number of hydrogen-bond acceptors (Lipinski definition) is 16. The van der Waals surface area contributed by atoms with E-state index in [-0.39, 0.29) is 67.1 Å². The second-order valence-electron chi connectivity index (χ2n) is 12.1. The Labute approximate surface area is 329 Å². The molecule has 9 N–H and O–H groups in total. The summed E-state index contributed by atoms with van der Waals surface area (Å²) in [5.41, 5.74) is 12.5. The first-order chi connectivity index (χ1) is 27.0. The second-order valence-corrected chi connectivity index (χ2v) is 16.4. The number of carboxylic acid groups (broad SMARTS) is 1. The summed E-state index contributed by atoms with van der Waals surface area (Å²) in [7, 11) is -14.3. The summed E-state index contributed by atoms with van der Waals surface area (Å²) in [6, 6.07) is 15.7. The van der Waals surface area contributed by atoms with Crippen LogP contribution in [0.4, 0.5) is 45.5 Å². The zero-order chi connectivity index (χ0) is 42.7. The SMILES string of the molecule is Cc1cc(N=Nc2ccc(S(=O)(=O)O)cc2)c(N)c(N=Nc2ccc(/C=C/c3ccc(N=Nc4cc(C)c(O)c(C(=O)O)c4)cc3S(=O)(=O)O)c(S(=O)(=O)O)c2)c1N. The number of anilines is 2. The lowest BCUT2D eigenvalue weighted by Gasteiger charge is -2.10. The molecule has 0 saturated heterocycles. The fourth-order valence-electron chi connectivity index (χ4n) is 5.08. The molecule has 300 valence electrons. The van der Waals surface area contributed by atoms with Crippen molar-refractivity contribution < 1.29 is 53.9 Å². The van der Waals surface area contributed by atoms with E-state index in [9.17, 15) is 49.4 Å². The zero-order valence-corrected chi connectivity index (χ0v) is 32.3. The van der Waals surface area contributed by atoms with Crippen LogP contribution in [0.25, 0.3) is 12.2 Å². The van der Waals surface area contributed by atoms with Gasteiger partial charge in [-0.1, -0.05) is 24.3 Å². The van der Waals surface area contributed by atoms with Crippen LogP contribution >= 0.6 is 0 Å². The highest BCUT2D eigenvalue weighted by molar-refractivity contribution is 7.86. The number of nitrogens with two attached hydrogens (primary N) is 2. The lowest BCUT2D eigenvalue weighted by Crippen LogP contribution is -2.01. The van der Waals surface area contributed by atoms with Gasteiger partial charge in [0, 0.05) is 0 Å². The Kier molecular flexibility index (Phi) is 12.0. The van der Waals surface area contributed by atoms with Gasteiger partial charge in [0.1, 0.15) is 32.5 Å². The highest BCUT2D eigenvalue weighted by Crippen LogP contribution is 2.41. The average molecular weight is 851 g/mol. The summed E-state index contributed by atoms with van der Waals surface area (Å²) < 4.78 is 101. The smallest absolute Gasteiger partial charge is 0.339 e. The zero-order valence-electron chi connectivity index (χ0n) is 29.8. The lowest BCUT2D eigenvalue weighted by atomic mass is 10.1. The summed E-state index contributed by atoms with van der Waals surface area (Å²) in [5, 5.41) is 43.3. The Morgan fingerprint density at radius 3 is 1.55 bits per heavy atom. The number of hydrogen-bond donors (Lipinski definition) is 7. The lowest BCUT2D eigenvalue weighted by molar-refractivity contribution is 0.0693. The third kappa shape index (κ3) is 9.96. The van der Waals surface area contributed by atoms with Gasteiger partial charge in [-0.15, -0.1) is 10.2 Å². The number of aryl methyl sites for hydroxylation is 2. The number of aromatic carboxylic acids is 1. The molecule has 0 aliphatic carbocycles. The van der Waals surface area contributed by atoms with Crippen molar-refractivity contribution >= 4 is 94.0 Å². The first-order valence-corrected chi connectivity index (χ1v) is 20.3. The fraction of sp³-hybridized carbons (Fsp3) is 0.0571. The molecule has 5 rings (SSSR count). The number of carboxylic acids is 1. The van der Waals surface area contributed by atoms with Gasteiger partial charge in [-0.25, -0.2) is 4.79 Å². The monoisotopic (exact) mass is 850 g/mol. The molecule has 20 nitrogen and oxygen atoms in total. The summed E-state index contributed by atoms with van der Waals surface area (Å²) in [6.45, 7) is 3.06. The van der Waals surface area contributed by atoms with Crippen molar-refractivity contribution in [1.29, 1.82) is 0 Å². The molecule has 58 heavy (non-hydrogen) atoms. The van der Waals surface area contributed by atoms with Crippen molar-refractivity contribution in [2.24, 2.45) is 30.7 Å². The van der Waals surface area contributed by atoms with E-state index >= 15 is 0 Å². The fourth-order valence-corrected chi connectivity index (χ4v) is 6.96. The number of nitrogens with zero attached hydrogens (tertiary/aromatic N) is 6. The number of benzene rings is 5. The highest BCUT2D eigenvalue weighted by atomic mass is 32.2. The van der Waals surface area contributed by atoms with Crippen molar-refractivity contribution in [3.05, 3.63) is 107 Å². The molecular weight excluding hydrogens is 821 g/mol. The number of phenols is 1. The molecule has 0 aromatic heterocycles. The average Bonchev–Trinajstić information content (AvgIpc) is 3.14. The minimum Gasteiger partial charge on any atom is -0.507 e. The summed E-state index contributed by atoms with van der Waals surface area (Å²) in [5.74, 6) is -1.88. The summed E-state index contributed by atoms with van der Waals surface area (Å²) in [4.78, 5) is 9.77. The predicted molar refractivity (Wildman–Crippen MR) is 210 cm³/mol. The molecule has 0 bridgehead atoms. The molecule has 0 saturated carbocycles. The van der Waals surface area contributed by atoms with Gasteiger partial charge >= 0.3 is 5.97 Å². The van der Waals surface area contributed by atoms with E-state index in [0.29, 0.717) is 5.56 Å². The van der Waals surface area contributed by atoms with E-state index < -0.39 is 57.4 Å². The number of carbonyl (C=O) groups is 1. The Hall–Kier alpha value is -6.76. The maximum Gasteiger partial charge on any atom is 0.339 e. The molecule has 0 atom stereocenters. The molecule has 5 aromatic carbocycles. The van der Waals surface area contributed by atoms with Crippen LogP contribution < -0.4 is 11.5 Å². The normalized spacial score (nSPS) is 12.7. The van der Waals surface area contributed by atoms with Gasteiger partial charge in [0.15, 0.2) is 0 Å². The molecule has 0 radical (unpaired) electrons. The van der Waals surface area contributed by atoms with Gasteiger partial charge in [0.05, 0.1) is 39.0 Å². The van der Waals surface area contributed by atoms with Gasteiger partial charge in [-0.05, 0) is 103 Å². The minimum absolute atomic E-state index is 0.0228. The molecule has 0 heterocycles. The van der Waals surface area contributed by atoms with Crippen molar-refractivity contribution in [3.63, 3.8) is 0 Å². The molecule has 0 aliphatic heterocycles. The Bertz CT molecular complexity index is 2950. The van der Waals surface area contributed by atoms with Crippen LogP contribution in [-0.2, 0) is 30.4 Å². The van der Waals surface area contributed by atoms with Crippen molar-refractivity contribution in [2.75, 3.05) is 11.5 Å². The first-order valence-electron chi connectivity index (χ1n) is 16.0. The molecule has 0 aliphatic rings. The minimum atomic E-state index is -4.94. The van der Waals surface area contributed by atoms with E-state index in [4.69, 9.17) is 16.0 Å². The topological polar surface area (TPSA) is 347 Å². The van der Waals surface area contributed by atoms with Gasteiger partial charge in [0.2, 0.25) is 0 Å². The van der Waals surface area contributed by atoms with Crippen molar-refractivity contribution in [2.45, 2.75) is 28.5 Å². The van der Waals surface area contributed by atoms with Crippen LogP contribution in [0.3, 0.4) is 0 Å². The van der Waals surface area contributed by atoms with Crippen LogP contribution in [0.2, 0.25) is 0 Å². The third-order valence-corrected chi connectivity index (χ3v) is 10.7. The molecule has 0 fully saturated rings. The standard InChI is InChI=1S/C35H30N8O12S3/c1-18-14-28(42-38-22-9-11-26(12-10-22)56(47,48)49)32(37)33(31(18)36)43-40-24-8-6-21(30(17-24)58(53,54)55)4-3-20-5-7-23(16-29(20)57(50,51)52)39-41-25-13-19(2)34(44)27(15-25)35(45)46/h3-17,44H,36-37H2,1-2H3,(H,45,46)(H,47,48,49)(H,50,51,52)(H,53,54,55)/b4-3+,41-39?,42-38?,43-40?. The summed E-state index contributed by atoms with van der Waals surface area (Å²) in [6.07, 6.45) is 2.29. The van der Waals surface area contributed by atoms with E-state index in [0.717, 1.165) is 42.5 Å². The molecular formula is C35H30N8O12S3. The van der Waals surface area contributed by atoms with Gasteiger partial charge in [-0.2, -0.15) is 45.7 Å². The van der Waals surface area contributed by atoms with E-state index in [1.807, 2.05) is 0 Å². The molecule has 23 heteroatoms. The van der Waals surface area contributed by atoms with E-state index in [1.54, 1.807) is 6.92 Å². The predicted octanol–water partition coefficient (Wildman–Crippen LogP) is 8.03. The molecule has 0 spiro atoms. The van der Waals surface area contributed by atoms with Crippen LogP contribution in [-0.4, -0.2) is 55.1 Å². The highest BCUT2D eigenvalue weighted by Gasteiger charge is 2.19. The van der Waals surface area contributed by atoms with Crippen molar-refractivity contribution in [1.82, 2.24) is 0 Å². The van der Waals surface area contributed by atoms with Crippen LogP contribution in [0, 0.1) is 13.8 Å². The molecule has 0 unspecified atom stereocenters. The number of azo groups is 3. The molecule has 5 aromatic rings. The molecule has 0 amide bonds. The first kappa shape index (κ1) is 42.4. The largest absolute Gasteiger partial charge is 0.507 e. The second kappa shape index (κ2) is 16.4. The maximum atomic E-state index is 12.4. The van der Waals surface area contributed by atoms with E-state index in [1.165, 1.54) is 55.5 Å². The van der Waals surface area contributed by atoms with Crippen LogP contribution in [0.1, 0.15) is 32.6 Å². The number of nitrogen functional groups attached to an aromatic ring is 2. The third-order valence-electron chi connectivity index (χ3n) is 8.03. The Morgan fingerprint density at radius 1 is 0.569 bits per heavy atom. The quantitative estimate of drug-likeness (QED) is 0.0270. The van der Waals surface area contributed by atoms with Crippen molar-refractivity contribution in [3.8, 4) is 5.75 Å².